The summed E-state index contributed by atoms with van der Waals surface area (Å²) >= 11 is 0. The second-order valence-electron chi connectivity index (χ2n) is 5.89. The molecule has 0 N–H and O–H groups in total. The van der Waals surface area contributed by atoms with Gasteiger partial charge in [-0.3, -0.25) is 19.7 Å². The van der Waals surface area contributed by atoms with Gasteiger partial charge in [-0.05, 0) is 24.6 Å². The van der Waals surface area contributed by atoms with Crippen molar-refractivity contribution in [2.24, 2.45) is 0 Å². The van der Waals surface area contributed by atoms with E-state index in [1.54, 1.807) is 37.3 Å². The van der Waals surface area contributed by atoms with Crippen molar-refractivity contribution in [3.8, 4) is 0 Å². The van der Waals surface area contributed by atoms with Crippen LogP contribution < -0.4 is 0 Å². The van der Waals surface area contributed by atoms with Crippen molar-refractivity contribution in [1.82, 2.24) is 0 Å². The quantitative estimate of drug-likeness (QED) is 0.122. The van der Waals surface area contributed by atoms with Gasteiger partial charge in [-0.2, -0.15) is 13.2 Å². The molecule has 0 saturated heterocycles. The van der Waals surface area contributed by atoms with E-state index in [2.05, 4.69) is 0 Å². The number of rotatable bonds is 8. The van der Waals surface area contributed by atoms with E-state index in [4.69, 9.17) is 4.74 Å². The van der Waals surface area contributed by atoms with Gasteiger partial charge in [0.25, 0.3) is 5.69 Å². The number of carbonyl (C=O) groups excluding carboxylic acids is 2. The number of halogens is 3. The molecule has 0 unspecified atom stereocenters. The number of ether oxygens (including phenoxy) is 1. The molecule has 152 valence electrons. The van der Waals surface area contributed by atoms with Crippen LogP contribution in [0.25, 0.3) is 0 Å². The average Bonchev–Trinajstić information content (AvgIpc) is 2.67. The van der Waals surface area contributed by atoms with E-state index in [9.17, 15) is 32.9 Å². The molecule has 9 heteroatoms. The van der Waals surface area contributed by atoms with Crippen molar-refractivity contribution in [2.45, 2.75) is 19.5 Å². The lowest BCUT2D eigenvalue weighted by atomic mass is 9.95. The topological polar surface area (TPSA) is 86.5 Å². The Hall–Kier alpha value is -3.49. The van der Waals surface area contributed by atoms with Gasteiger partial charge in [-0.1, -0.05) is 30.3 Å². The fourth-order valence-electron chi connectivity index (χ4n) is 2.49. The molecule has 2 aromatic carbocycles. The highest BCUT2D eigenvalue weighted by Gasteiger charge is 2.35. The summed E-state index contributed by atoms with van der Waals surface area (Å²) in [4.78, 5) is 35.6. The first-order chi connectivity index (χ1) is 13.6. The zero-order valence-corrected chi connectivity index (χ0v) is 15.2. The summed E-state index contributed by atoms with van der Waals surface area (Å²) in [5, 5.41) is 11.3. The van der Waals surface area contributed by atoms with Gasteiger partial charge in [0.05, 0.1) is 23.4 Å². The number of alkyl halides is 3. The Morgan fingerprint density at radius 3 is 2.34 bits per heavy atom. The van der Waals surface area contributed by atoms with Crippen LogP contribution in [0.1, 0.15) is 28.4 Å². The molecule has 0 heterocycles. The monoisotopic (exact) mass is 407 g/mol. The zero-order chi connectivity index (χ0) is 21.6. The Bertz CT molecular complexity index is 952. The largest absolute Gasteiger partial charge is 0.501 e. The minimum absolute atomic E-state index is 0.116. The van der Waals surface area contributed by atoms with Crippen LogP contribution in [0.2, 0.25) is 0 Å². The summed E-state index contributed by atoms with van der Waals surface area (Å²) in [5.74, 6) is -1.76. The lowest BCUT2D eigenvalue weighted by molar-refractivity contribution is -0.385. The molecular formula is C20H16F3NO5. The van der Waals surface area contributed by atoms with Crippen molar-refractivity contribution in [1.29, 1.82) is 0 Å². The van der Waals surface area contributed by atoms with Crippen molar-refractivity contribution in [2.75, 3.05) is 6.61 Å². The molecule has 29 heavy (non-hydrogen) atoms. The maximum Gasteiger partial charge on any atom is 0.416 e. The first-order valence-electron chi connectivity index (χ1n) is 8.44. The van der Waals surface area contributed by atoms with E-state index in [-0.39, 0.29) is 19.1 Å². The second-order valence-corrected chi connectivity index (χ2v) is 5.89. The minimum atomic E-state index is -4.82. The highest BCUT2D eigenvalue weighted by atomic mass is 19.4. The summed E-state index contributed by atoms with van der Waals surface area (Å²) in [6.45, 7) is 1.71. The summed E-state index contributed by atoms with van der Waals surface area (Å²) < 4.78 is 43.6. The van der Waals surface area contributed by atoms with Gasteiger partial charge in [0.2, 0.25) is 5.78 Å². The number of nitro groups is 1. The standard InChI is InChI=1S/C20H16F3NO5/c1-2-29-12-16(18(25)10-13-6-4-3-5-7-13)19(26)15-9-8-14(20(21,22)23)11-17(15)24(27)28/h3-9,11-12H,2,10H2,1H3/b16-12-. The van der Waals surface area contributed by atoms with Gasteiger partial charge < -0.3 is 4.74 Å². The fraction of sp³-hybridized carbons (Fsp3) is 0.200. The fourth-order valence-corrected chi connectivity index (χ4v) is 2.49. The van der Waals surface area contributed by atoms with Crippen LogP contribution in [-0.2, 0) is 22.1 Å². The first kappa shape index (κ1) is 21.8. The van der Waals surface area contributed by atoms with Crippen LogP contribution in [0.4, 0.5) is 18.9 Å². The van der Waals surface area contributed by atoms with Crippen molar-refractivity contribution in [3.05, 3.63) is 87.2 Å². The molecular weight excluding hydrogens is 391 g/mol. The van der Waals surface area contributed by atoms with Crippen LogP contribution in [-0.4, -0.2) is 23.1 Å². The molecule has 0 aliphatic heterocycles. The molecule has 0 aromatic heterocycles. The first-order valence-corrected chi connectivity index (χ1v) is 8.44. The van der Waals surface area contributed by atoms with E-state index >= 15 is 0 Å². The summed E-state index contributed by atoms with van der Waals surface area (Å²) in [6, 6.07) is 9.95. The number of carbonyl (C=O) groups is 2. The van der Waals surface area contributed by atoms with E-state index in [1.807, 2.05) is 0 Å². The zero-order valence-electron chi connectivity index (χ0n) is 15.2. The molecule has 0 spiro atoms. The molecule has 0 saturated carbocycles. The molecule has 0 aliphatic carbocycles. The molecule has 0 radical (unpaired) electrons. The molecule has 0 amide bonds. The van der Waals surface area contributed by atoms with Crippen LogP contribution >= 0.6 is 0 Å². The maximum absolute atomic E-state index is 12.9. The van der Waals surface area contributed by atoms with E-state index in [0.29, 0.717) is 17.7 Å². The summed E-state index contributed by atoms with van der Waals surface area (Å²) in [7, 11) is 0. The normalized spacial score (nSPS) is 11.8. The molecule has 0 fully saturated rings. The number of ketones is 2. The Balaban J connectivity index is 2.46. The second kappa shape index (κ2) is 9.13. The highest BCUT2D eigenvalue weighted by molar-refractivity contribution is 6.27. The SMILES string of the molecule is CCO/C=C(/C(=O)Cc1ccccc1)C(=O)c1ccc(C(F)(F)F)cc1[N+](=O)[O-]. The molecule has 2 rings (SSSR count). The number of Topliss-reactive ketones (excluding diaryl/α,β-unsaturated/α-hetero) is 2. The summed E-state index contributed by atoms with van der Waals surface area (Å²) in [6.07, 6.45) is -4.12. The van der Waals surface area contributed by atoms with E-state index in [1.165, 1.54) is 0 Å². The van der Waals surface area contributed by atoms with Gasteiger partial charge in [-0.15, -0.1) is 0 Å². The number of nitro benzene ring substituents is 1. The van der Waals surface area contributed by atoms with E-state index < -0.39 is 45.1 Å². The molecule has 0 aliphatic rings. The van der Waals surface area contributed by atoms with Gasteiger partial charge in [0.15, 0.2) is 5.78 Å². The maximum atomic E-state index is 12.9. The Labute approximate surface area is 163 Å². The third-order valence-electron chi connectivity index (χ3n) is 3.89. The Morgan fingerprint density at radius 2 is 1.79 bits per heavy atom. The third kappa shape index (κ3) is 5.50. The van der Waals surface area contributed by atoms with E-state index in [0.717, 1.165) is 6.26 Å². The van der Waals surface area contributed by atoms with Crippen LogP contribution in [0.3, 0.4) is 0 Å². The molecule has 6 nitrogen and oxygen atoms in total. The summed E-state index contributed by atoms with van der Waals surface area (Å²) in [5.41, 5.74) is -2.84. The average molecular weight is 407 g/mol. The lowest BCUT2D eigenvalue weighted by Gasteiger charge is -2.10. The van der Waals surface area contributed by atoms with Crippen molar-refractivity contribution in [3.63, 3.8) is 0 Å². The number of benzene rings is 2. The molecule has 0 atom stereocenters. The third-order valence-corrected chi connectivity index (χ3v) is 3.89. The van der Waals surface area contributed by atoms with Crippen LogP contribution in [0, 0.1) is 10.1 Å². The number of allylic oxidation sites excluding steroid dienone is 1. The molecule has 2 aromatic rings. The number of hydrogen-bond donors (Lipinski definition) is 0. The smallest absolute Gasteiger partial charge is 0.416 e. The minimum Gasteiger partial charge on any atom is -0.501 e. The van der Waals surface area contributed by atoms with Gasteiger partial charge in [-0.25, -0.2) is 0 Å². The Morgan fingerprint density at radius 1 is 1.14 bits per heavy atom. The van der Waals surface area contributed by atoms with Crippen molar-refractivity contribution < 1.29 is 32.4 Å². The van der Waals surface area contributed by atoms with Gasteiger partial charge in [0.1, 0.15) is 11.1 Å². The predicted octanol–water partition coefficient (Wildman–Crippen LogP) is 4.53. The van der Waals surface area contributed by atoms with Crippen LogP contribution in [0.15, 0.2) is 60.4 Å². The predicted molar refractivity (Wildman–Crippen MR) is 97.3 cm³/mol. The van der Waals surface area contributed by atoms with Gasteiger partial charge in [0, 0.05) is 12.5 Å². The number of nitrogens with zero attached hydrogens (tertiary/aromatic N) is 1. The number of hydrogen-bond acceptors (Lipinski definition) is 5. The Kier molecular flexibility index (Phi) is 6.87. The highest BCUT2D eigenvalue weighted by Crippen LogP contribution is 2.33. The molecule has 0 bridgehead atoms. The van der Waals surface area contributed by atoms with Gasteiger partial charge >= 0.3 is 6.18 Å². The van der Waals surface area contributed by atoms with Crippen molar-refractivity contribution >= 4 is 17.3 Å². The van der Waals surface area contributed by atoms with Crippen LogP contribution in [0.5, 0.6) is 0 Å². The lowest BCUT2D eigenvalue weighted by Crippen LogP contribution is -2.18.